The van der Waals surface area contributed by atoms with E-state index in [1.165, 1.54) is 11.8 Å². The van der Waals surface area contributed by atoms with Crippen molar-refractivity contribution in [3.05, 3.63) is 101 Å². The molecular formula is C39H43FO7S. The maximum absolute atomic E-state index is 13.5. The van der Waals surface area contributed by atoms with Gasteiger partial charge in [-0.05, 0) is 121 Å². The van der Waals surface area contributed by atoms with E-state index in [-0.39, 0.29) is 30.4 Å². The molecule has 0 bridgehead atoms. The van der Waals surface area contributed by atoms with Crippen LogP contribution in [0.5, 0.6) is 11.5 Å². The molecule has 3 aromatic rings. The highest BCUT2D eigenvalue weighted by Crippen LogP contribution is 2.50. The Morgan fingerprint density at radius 1 is 0.771 bits per heavy atom. The molecule has 0 N–H and O–H groups in total. The van der Waals surface area contributed by atoms with E-state index < -0.39 is 17.8 Å². The van der Waals surface area contributed by atoms with Gasteiger partial charge in [-0.2, -0.15) is 4.39 Å². The Balaban J connectivity index is 1.33. The van der Waals surface area contributed by atoms with Crippen LogP contribution in [0, 0.1) is 0 Å². The van der Waals surface area contributed by atoms with Gasteiger partial charge in [0.25, 0.3) is 0 Å². The monoisotopic (exact) mass is 674 g/mol. The van der Waals surface area contributed by atoms with Crippen molar-refractivity contribution in [2.75, 3.05) is 26.4 Å². The highest BCUT2D eigenvalue weighted by Gasteiger charge is 2.36. The first kappa shape index (κ1) is 36.5. The first-order valence-electron chi connectivity index (χ1n) is 16.2. The second-order valence-electron chi connectivity index (χ2n) is 12.2. The van der Waals surface area contributed by atoms with Crippen LogP contribution in [-0.2, 0) is 30.9 Å². The van der Waals surface area contributed by atoms with Gasteiger partial charge in [-0.1, -0.05) is 46.1 Å². The van der Waals surface area contributed by atoms with E-state index in [1.54, 1.807) is 6.92 Å². The van der Waals surface area contributed by atoms with E-state index in [0.717, 1.165) is 64.1 Å². The fourth-order valence-electron chi connectivity index (χ4n) is 5.54. The van der Waals surface area contributed by atoms with Crippen LogP contribution in [0.15, 0.2) is 84.1 Å². The number of halogens is 1. The molecule has 0 aliphatic heterocycles. The third-order valence-corrected chi connectivity index (χ3v) is 9.10. The number of carbonyl (C=O) groups excluding carboxylic acids is 3. The van der Waals surface area contributed by atoms with Gasteiger partial charge in [-0.3, -0.25) is 4.79 Å². The van der Waals surface area contributed by atoms with Gasteiger partial charge in [0.2, 0.25) is 10.9 Å². The maximum atomic E-state index is 13.5. The summed E-state index contributed by atoms with van der Waals surface area (Å²) in [7, 11) is 0. The summed E-state index contributed by atoms with van der Waals surface area (Å²) in [6, 6.07) is 17.8. The molecule has 0 heterocycles. The van der Waals surface area contributed by atoms with Crippen LogP contribution in [0.2, 0.25) is 0 Å². The number of unbranched alkanes of at least 4 members (excludes halogenated alkanes) is 3. The predicted molar refractivity (Wildman–Crippen MR) is 186 cm³/mol. The average molecular weight is 675 g/mol. The van der Waals surface area contributed by atoms with Crippen molar-refractivity contribution in [2.24, 2.45) is 0 Å². The number of ether oxygens (including phenoxy) is 4. The fourth-order valence-corrected chi connectivity index (χ4v) is 6.33. The molecule has 9 heteroatoms. The summed E-state index contributed by atoms with van der Waals surface area (Å²) in [5.41, 5.74) is 6.13. The molecule has 0 aromatic heterocycles. The minimum absolute atomic E-state index is 0.0398. The lowest BCUT2D eigenvalue weighted by atomic mass is 9.82. The van der Waals surface area contributed by atoms with Crippen LogP contribution in [0.3, 0.4) is 0 Å². The normalized spacial score (nSPS) is 12.4. The number of hydrogen-bond acceptors (Lipinski definition) is 8. The molecule has 0 saturated heterocycles. The molecule has 3 aromatic carbocycles. The molecular weight excluding hydrogens is 631 g/mol. The van der Waals surface area contributed by atoms with Crippen molar-refractivity contribution in [3.63, 3.8) is 0 Å². The molecule has 0 amide bonds. The summed E-state index contributed by atoms with van der Waals surface area (Å²) in [5, 5.41) is -0.0398. The van der Waals surface area contributed by atoms with E-state index >= 15 is 0 Å². The Kier molecular flexibility index (Phi) is 12.6. The van der Waals surface area contributed by atoms with Gasteiger partial charge in [-0.25, -0.2) is 9.59 Å². The Bertz CT molecular complexity index is 1690. The zero-order chi connectivity index (χ0) is 34.8. The van der Waals surface area contributed by atoms with E-state index in [1.807, 2.05) is 49.4 Å². The van der Waals surface area contributed by atoms with E-state index in [4.69, 9.17) is 18.9 Å². The summed E-state index contributed by atoms with van der Waals surface area (Å²) in [4.78, 5) is 37.0. The number of fused-ring (bicyclic) bond motifs is 3. The summed E-state index contributed by atoms with van der Waals surface area (Å²) >= 11 is 1.19. The smallest absolute Gasteiger partial charge is 0.366 e. The molecule has 1 aliphatic rings. The number of aryl methyl sites for hydroxylation is 1. The van der Waals surface area contributed by atoms with Gasteiger partial charge < -0.3 is 18.9 Å². The number of esters is 2. The first-order valence-corrected chi connectivity index (χ1v) is 17.0. The maximum Gasteiger partial charge on any atom is 0.366 e. The molecule has 4 rings (SSSR count). The van der Waals surface area contributed by atoms with Crippen LogP contribution in [-0.4, -0.2) is 43.5 Å². The number of carbonyl (C=O) groups is 3. The minimum atomic E-state index is -1.08. The molecule has 0 unspecified atom stereocenters. The lowest BCUT2D eigenvalue weighted by Gasteiger charge is -2.22. The third kappa shape index (κ3) is 9.16. The van der Waals surface area contributed by atoms with Gasteiger partial charge >= 0.3 is 11.9 Å². The predicted octanol–water partition coefficient (Wildman–Crippen LogP) is 8.95. The largest absolute Gasteiger partial charge is 0.494 e. The minimum Gasteiger partial charge on any atom is -0.494 e. The zero-order valence-corrected chi connectivity index (χ0v) is 28.9. The molecule has 0 spiro atoms. The van der Waals surface area contributed by atoms with Crippen LogP contribution < -0.4 is 9.47 Å². The van der Waals surface area contributed by atoms with Crippen LogP contribution >= 0.6 is 11.8 Å². The lowest BCUT2D eigenvalue weighted by molar-refractivity contribution is -0.141. The van der Waals surface area contributed by atoms with Crippen LogP contribution in [0.1, 0.15) is 80.4 Å². The van der Waals surface area contributed by atoms with Crippen LogP contribution in [0.25, 0.3) is 11.1 Å². The SMILES string of the molecule is C=C(C)C(=O)OCCOc1ccc(SC(=O)c2ccc3c(c2)C(C)(C)c2cc(OCCCCCCOC(=O)C(=C)F)ccc2-3)cc1CC. The van der Waals surface area contributed by atoms with Gasteiger partial charge in [-0.15, -0.1) is 0 Å². The summed E-state index contributed by atoms with van der Waals surface area (Å²) in [6.07, 6.45) is 3.97. The van der Waals surface area contributed by atoms with E-state index in [2.05, 4.69) is 39.1 Å². The topological polar surface area (TPSA) is 88.1 Å². The van der Waals surface area contributed by atoms with Crippen molar-refractivity contribution in [2.45, 2.75) is 70.1 Å². The molecule has 1 aliphatic carbocycles. The Hall–Kier alpha value is -4.37. The second kappa shape index (κ2) is 16.6. The molecule has 0 saturated carbocycles. The molecule has 48 heavy (non-hydrogen) atoms. The van der Waals surface area contributed by atoms with Gasteiger partial charge in [0, 0.05) is 21.4 Å². The number of hydrogen-bond donors (Lipinski definition) is 0. The first-order chi connectivity index (χ1) is 22.9. The summed E-state index contributed by atoms with van der Waals surface area (Å²) in [6.45, 7) is 15.5. The molecule has 0 radical (unpaired) electrons. The molecule has 0 fully saturated rings. The van der Waals surface area contributed by atoms with E-state index in [9.17, 15) is 18.8 Å². The van der Waals surface area contributed by atoms with Gasteiger partial charge in [0.1, 0.15) is 24.7 Å². The summed E-state index contributed by atoms with van der Waals surface area (Å²) < 4.78 is 34.4. The van der Waals surface area contributed by atoms with Gasteiger partial charge in [0.05, 0.1) is 13.2 Å². The second-order valence-corrected chi connectivity index (χ2v) is 13.2. The summed E-state index contributed by atoms with van der Waals surface area (Å²) in [5.74, 6) is -1.03. The highest BCUT2D eigenvalue weighted by atomic mass is 32.2. The number of benzene rings is 3. The average Bonchev–Trinajstić information content (AvgIpc) is 3.29. The molecule has 7 nitrogen and oxygen atoms in total. The number of rotatable bonds is 17. The Morgan fingerprint density at radius 2 is 1.44 bits per heavy atom. The quantitative estimate of drug-likeness (QED) is 0.0607. The fraction of sp³-hybridized carbons (Fsp3) is 0.359. The third-order valence-electron chi connectivity index (χ3n) is 8.19. The Labute approximate surface area is 286 Å². The van der Waals surface area contributed by atoms with Crippen molar-refractivity contribution in [1.29, 1.82) is 0 Å². The Morgan fingerprint density at radius 3 is 2.12 bits per heavy atom. The van der Waals surface area contributed by atoms with E-state index in [0.29, 0.717) is 29.9 Å². The van der Waals surface area contributed by atoms with Crippen LogP contribution in [0.4, 0.5) is 4.39 Å². The van der Waals surface area contributed by atoms with Crippen molar-refractivity contribution >= 4 is 28.8 Å². The number of thioether (sulfide) groups is 1. The van der Waals surface area contributed by atoms with Crippen molar-refractivity contribution in [1.82, 2.24) is 0 Å². The van der Waals surface area contributed by atoms with Gasteiger partial charge in [0.15, 0.2) is 0 Å². The lowest BCUT2D eigenvalue weighted by Crippen LogP contribution is -2.15. The highest BCUT2D eigenvalue weighted by molar-refractivity contribution is 8.14. The molecule has 0 atom stereocenters. The van der Waals surface area contributed by atoms with Crippen molar-refractivity contribution in [3.8, 4) is 22.6 Å². The zero-order valence-electron chi connectivity index (χ0n) is 28.1. The van der Waals surface area contributed by atoms with Crippen molar-refractivity contribution < 1.29 is 37.7 Å². The molecule has 254 valence electrons. The standard InChI is InChI=1S/C39H43FO7S/c1-7-27-22-30(14-17-35(27)45-20-21-47-36(41)25(2)3)48-38(43)28-12-15-31-32-16-13-29(24-34(32)39(5,6)33(31)23-28)44-18-10-8-9-11-19-46-37(42)26(4)40/h12-17,22-24H,2,4,7-11,18-21H2,1,3,5-6H3.